The van der Waals surface area contributed by atoms with Crippen molar-refractivity contribution < 1.29 is 13.7 Å². The summed E-state index contributed by atoms with van der Waals surface area (Å²) in [4.78, 5) is 11.5. The molecular formula is C12H16ClNO3S. The van der Waals surface area contributed by atoms with Crippen LogP contribution in [0, 0.1) is 0 Å². The van der Waals surface area contributed by atoms with E-state index in [1.165, 1.54) is 7.05 Å². The van der Waals surface area contributed by atoms with Gasteiger partial charge >= 0.3 is 6.09 Å². The van der Waals surface area contributed by atoms with Gasteiger partial charge in [0.15, 0.2) is 0 Å². The van der Waals surface area contributed by atoms with Gasteiger partial charge in [-0.05, 0) is 30.0 Å². The van der Waals surface area contributed by atoms with Crippen LogP contribution in [0.4, 0.5) is 4.79 Å². The van der Waals surface area contributed by atoms with Gasteiger partial charge in [-0.3, -0.25) is 0 Å². The predicted molar refractivity (Wildman–Crippen MR) is 72.9 cm³/mol. The van der Waals surface area contributed by atoms with Crippen LogP contribution in [-0.4, -0.2) is 21.7 Å². The summed E-state index contributed by atoms with van der Waals surface area (Å²) >= 11 is 0. The third kappa shape index (κ3) is 3.99. The standard InChI is InChI=1S/C12H16ClNO3S/c1-4-9(2)10-6-5-7-11(8-10)17-12(15)14(3)18(13)16/h5-9H,4H2,1-3H3. The van der Waals surface area contributed by atoms with Gasteiger partial charge in [-0.15, -0.1) is 0 Å². The van der Waals surface area contributed by atoms with Gasteiger partial charge in [0, 0.05) is 17.7 Å². The molecule has 4 nitrogen and oxygen atoms in total. The molecule has 0 aliphatic carbocycles. The van der Waals surface area contributed by atoms with E-state index in [0.717, 1.165) is 16.3 Å². The molecule has 18 heavy (non-hydrogen) atoms. The third-order valence-corrected chi connectivity index (χ3v) is 3.92. The quantitative estimate of drug-likeness (QED) is 0.798. The van der Waals surface area contributed by atoms with Gasteiger partial charge < -0.3 is 4.74 Å². The van der Waals surface area contributed by atoms with E-state index in [0.29, 0.717) is 11.7 Å². The van der Waals surface area contributed by atoms with Gasteiger partial charge in [0.1, 0.15) is 5.75 Å². The van der Waals surface area contributed by atoms with E-state index in [1.807, 2.05) is 12.1 Å². The first-order valence-electron chi connectivity index (χ1n) is 5.59. The maximum atomic E-state index is 11.5. The fourth-order valence-electron chi connectivity index (χ4n) is 1.34. The maximum Gasteiger partial charge on any atom is 0.427 e. The van der Waals surface area contributed by atoms with Crippen LogP contribution < -0.4 is 4.74 Å². The fourth-order valence-corrected chi connectivity index (χ4v) is 1.67. The highest BCUT2D eigenvalue weighted by Crippen LogP contribution is 2.23. The van der Waals surface area contributed by atoms with Crippen molar-refractivity contribution in [3.63, 3.8) is 0 Å². The zero-order chi connectivity index (χ0) is 13.7. The number of ether oxygens (including phenoxy) is 1. The number of nitrogens with zero attached hydrogens (tertiary/aromatic N) is 1. The van der Waals surface area contributed by atoms with Crippen molar-refractivity contribution in [3.8, 4) is 5.75 Å². The molecule has 0 saturated heterocycles. The monoisotopic (exact) mass is 289 g/mol. The number of carbonyl (C=O) groups excluding carboxylic acids is 1. The summed E-state index contributed by atoms with van der Waals surface area (Å²) in [5.74, 6) is 0.815. The van der Waals surface area contributed by atoms with Crippen LogP contribution in [0.15, 0.2) is 24.3 Å². The largest absolute Gasteiger partial charge is 0.427 e. The highest BCUT2D eigenvalue weighted by atomic mass is 35.7. The van der Waals surface area contributed by atoms with E-state index in [4.69, 9.17) is 15.4 Å². The minimum atomic E-state index is -1.90. The number of hydrogen-bond donors (Lipinski definition) is 0. The summed E-state index contributed by atoms with van der Waals surface area (Å²) < 4.78 is 16.8. The molecular weight excluding hydrogens is 274 g/mol. The van der Waals surface area contributed by atoms with Crippen molar-refractivity contribution in [3.05, 3.63) is 29.8 Å². The number of benzene rings is 1. The average molecular weight is 290 g/mol. The molecule has 0 fully saturated rings. The average Bonchev–Trinajstić information content (AvgIpc) is 2.36. The molecule has 1 amide bonds. The molecule has 1 aromatic rings. The Labute approximate surface area is 114 Å². The molecule has 0 aliphatic rings. The van der Waals surface area contributed by atoms with E-state index in [9.17, 15) is 9.00 Å². The van der Waals surface area contributed by atoms with Crippen LogP contribution in [0.25, 0.3) is 0 Å². The zero-order valence-corrected chi connectivity index (χ0v) is 12.1. The highest BCUT2D eigenvalue weighted by Gasteiger charge is 2.16. The molecule has 0 spiro atoms. The van der Waals surface area contributed by atoms with Crippen molar-refractivity contribution in [2.75, 3.05) is 7.05 Å². The number of rotatable bonds is 4. The van der Waals surface area contributed by atoms with E-state index >= 15 is 0 Å². The van der Waals surface area contributed by atoms with E-state index in [-0.39, 0.29) is 0 Å². The zero-order valence-electron chi connectivity index (χ0n) is 10.6. The Hall–Kier alpha value is -1.07. The normalized spacial score (nSPS) is 13.8. The van der Waals surface area contributed by atoms with Crippen LogP contribution >= 0.6 is 10.7 Å². The second-order valence-electron chi connectivity index (χ2n) is 3.95. The molecule has 0 saturated carbocycles. The molecule has 0 N–H and O–H groups in total. The summed E-state index contributed by atoms with van der Waals surface area (Å²) in [6, 6.07) is 7.28. The lowest BCUT2D eigenvalue weighted by atomic mass is 9.99. The molecule has 100 valence electrons. The van der Waals surface area contributed by atoms with Gasteiger partial charge in [0.2, 0.25) is 10.2 Å². The number of carbonyl (C=O) groups is 1. The third-order valence-electron chi connectivity index (χ3n) is 2.72. The van der Waals surface area contributed by atoms with Crippen LogP contribution in [0.2, 0.25) is 0 Å². The van der Waals surface area contributed by atoms with Gasteiger partial charge in [-0.1, -0.05) is 26.0 Å². The van der Waals surface area contributed by atoms with E-state index in [2.05, 4.69) is 13.8 Å². The Balaban J connectivity index is 2.79. The fraction of sp³-hybridized carbons (Fsp3) is 0.417. The Bertz CT molecular complexity index is 453. The maximum absolute atomic E-state index is 11.5. The Morgan fingerprint density at radius 2 is 2.22 bits per heavy atom. The Morgan fingerprint density at radius 3 is 2.78 bits per heavy atom. The van der Waals surface area contributed by atoms with Gasteiger partial charge in [0.05, 0.1) is 0 Å². The van der Waals surface area contributed by atoms with Gasteiger partial charge in [-0.2, -0.15) is 0 Å². The molecule has 0 heterocycles. The summed E-state index contributed by atoms with van der Waals surface area (Å²) in [6.45, 7) is 4.19. The van der Waals surface area contributed by atoms with Crippen LogP contribution in [-0.2, 0) is 10.2 Å². The molecule has 2 unspecified atom stereocenters. The van der Waals surface area contributed by atoms with Crippen LogP contribution in [0.1, 0.15) is 31.7 Å². The molecule has 0 radical (unpaired) electrons. The molecule has 1 rings (SSSR count). The van der Waals surface area contributed by atoms with Crippen molar-refractivity contribution in [2.24, 2.45) is 0 Å². The predicted octanol–water partition coefficient (Wildman–Crippen LogP) is 3.45. The minimum Gasteiger partial charge on any atom is -0.410 e. The molecule has 0 aliphatic heterocycles. The first-order chi connectivity index (χ1) is 8.45. The van der Waals surface area contributed by atoms with Crippen molar-refractivity contribution in [1.82, 2.24) is 4.31 Å². The first kappa shape index (κ1) is 15.0. The molecule has 1 aromatic carbocycles. The van der Waals surface area contributed by atoms with E-state index < -0.39 is 16.3 Å². The summed E-state index contributed by atoms with van der Waals surface area (Å²) in [7, 11) is 4.70. The molecule has 0 aromatic heterocycles. The topological polar surface area (TPSA) is 46.6 Å². The van der Waals surface area contributed by atoms with Gasteiger partial charge in [0.25, 0.3) is 0 Å². The lowest BCUT2D eigenvalue weighted by molar-refractivity contribution is 0.186. The lowest BCUT2D eigenvalue weighted by Gasteiger charge is -2.13. The van der Waals surface area contributed by atoms with Gasteiger partial charge in [-0.25, -0.2) is 13.3 Å². The highest BCUT2D eigenvalue weighted by molar-refractivity contribution is 8.06. The van der Waals surface area contributed by atoms with Crippen LogP contribution in [0.3, 0.4) is 0 Å². The van der Waals surface area contributed by atoms with E-state index in [1.54, 1.807) is 12.1 Å². The Kier molecular flexibility index (Phi) is 5.62. The summed E-state index contributed by atoms with van der Waals surface area (Å²) in [5, 5.41) is 0. The van der Waals surface area contributed by atoms with Crippen LogP contribution in [0.5, 0.6) is 5.75 Å². The number of amides is 1. The first-order valence-corrected chi connectivity index (χ1v) is 7.52. The molecule has 2 atom stereocenters. The second kappa shape index (κ2) is 6.75. The number of hydrogen-bond acceptors (Lipinski definition) is 3. The minimum absolute atomic E-state index is 0.392. The van der Waals surface area contributed by atoms with Crippen molar-refractivity contribution in [1.29, 1.82) is 0 Å². The SMILES string of the molecule is CCC(C)c1cccc(OC(=O)N(C)S(=O)Cl)c1. The molecule has 6 heteroatoms. The van der Waals surface area contributed by atoms with Crippen molar-refractivity contribution in [2.45, 2.75) is 26.2 Å². The Morgan fingerprint density at radius 1 is 1.56 bits per heavy atom. The number of halogens is 1. The van der Waals surface area contributed by atoms with Crippen molar-refractivity contribution >= 4 is 27.0 Å². The summed E-state index contributed by atoms with van der Waals surface area (Å²) in [5.41, 5.74) is 1.09. The molecule has 0 bridgehead atoms. The lowest BCUT2D eigenvalue weighted by Crippen LogP contribution is -2.29. The smallest absolute Gasteiger partial charge is 0.410 e. The second-order valence-corrected chi connectivity index (χ2v) is 5.71. The summed E-state index contributed by atoms with van der Waals surface area (Å²) in [6.07, 6.45) is 0.257.